The number of hydrazine groups is 1. The van der Waals surface area contributed by atoms with Crippen molar-refractivity contribution < 1.29 is 9.18 Å². The third-order valence-electron chi connectivity index (χ3n) is 5.76. The first-order chi connectivity index (χ1) is 14.1. The lowest BCUT2D eigenvalue weighted by Crippen LogP contribution is -2.41. The van der Waals surface area contributed by atoms with Gasteiger partial charge in [-0.1, -0.05) is 54.1 Å². The zero-order chi connectivity index (χ0) is 20.0. The summed E-state index contributed by atoms with van der Waals surface area (Å²) >= 11 is 6.05. The van der Waals surface area contributed by atoms with E-state index < -0.39 is 6.04 Å². The zero-order valence-corrected chi connectivity index (χ0v) is 16.2. The Morgan fingerprint density at radius 1 is 0.828 bits per heavy atom. The summed E-state index contributed by atoms with van der Waals surface area (Å²) in [6, 6.07) is 22.9. The average Bonchev–Trinajstić information content (AvgIpc) is 3.28. The maximum atomic E-state index is 14.1. The van der Waals surface area contributed by atoms with Gasteiger partial charge >= 0.3 is 0 Å². The molecule has 2 saturated heterocycles. The van der Waals surface area contributed by atoms with Crippen LogP contribution >= 0.6 is 11.6 Å². The Balaban J connectivity index is 1.64. The normalized spacial score (nSPS) is 26.0. The fourth-order valence-corrected chi connectivity index (χ4v) is 4.66. The predicted octanol–water partition coefficient (Wildman–Crippen LogP) is 4.40. The molecule has 3 aromatic rings. The van der Waals surface area contributed by atoms with Crippen molar-refractivity contribution in [1.82, 2.24) is 10.9 Å². The molecule has 0 aromatic heterocycles. The van der Waals surface area contributed by atoms with E-state index >= 15 is 0 Å². The van der Waals surface area contributed by atoms with Crippen molar-refractivity contribution in [2.75, 3.05) is 4.90 Å². The summed E-state index contributed by atoms with van der Waals surface area (Å²) in [7, 11) is 0. The van der Waals surface area contributed by atoms with Gasteiger partial charge in [-0.2, -0.15) is 0 Å². The Bertz CT molecular complexity index is 1040. The van der Waals surface area contributed by atoms with E-state index in [2.05, 4.69) is 10.9 Å². The summed E-state index contributed by atoms with van der Waals surface area (Å²) < 4.78 is 14.1. The number of halogens is 2. The van der Waals surface area contributed by atoms with Gasteiger partial charge in [-0.25, -0.2) is 15.2 Å². The first kappa shape index (κ1) is 18.3. The van der Waals surface area contributed by atoms with Crippen LogP contribution in [-0.4, -0.2) is 11.9 Å². The summed E-state index contributed by atoms with van der Waals surface area (Å²) in [5.74, 6) is -0.468. The monoisotopic (exact) mass is 407 g/mol. The van der Waals surface area contributed by atoms with E-state index in [0.717, 1.165) is 16.8 Å². The third kappa shape index (κ3) is 3.12. The van der Waals surface area contributed by atoms with Gasteiger partial charge < -0.3 is 4.90 Å². The summed E-state index contributed by atoms with van der Waals surface area (Å²) in [6.45, 7) is 0. The van der Waals surface area contributed by atoms with Crippen LogP contribution in [0.1, 0.15) is 23.2 Å². The minimum atomic E-state index is -0.413. The third-order valence-corrected chi connectivity index (χ3v) is 6.02. The molecule has 2 N–H and O–H groups in total. The number of amides is 1. The number of nitrogens with zero attached hydrogens (tertiary/aromatic N) is 1. The number of benzene rings is 3. The van der Waals surface area contributed by atoms with Gasteiger partial charge in [0.1, 0.15) is 11.9 Å². The largest absolute Gasteiger partial charge is 0.303 e. The van der Waals surface area contributed by atoms with Crippen LogP contribution in [0.15, 0.2) is 78.9 Å². The molecule has 4 atom stereocenters. The highest BCUT2D eigenvalue weighted by molar-refractivity contribution is 6.30. The molecule has 0 radical (unpaired) electrons. The average molecular weight is 408 g/mol. The number of carbonyl (C=O) groups is 1. The summed E-state index contributed by atoms with van der Waals surface area (Å²) in [6.07, 6.45) is 0. The highest BCUT2D eigenvalue weighted by Gasteiger charge is 2.55. The molecule has 0 spiro atoms. The molecule has 6 heteroatoms. The van der Waals surface area contributed by atoms with Gasteiger partial charge in [-0.15, -0.1) is 0 Å². The predicted molar refractivity (Wildman–Crippen MR) is 111 cm³/mol. The molecule has 4 nitrogen and oxygen atoms in total. The van der Waals surface area contributed by atoms with E-state index in [-0.39, 0.29) is 29.7 Å². The van der Waals surface area contributed by atoms with Crippen LogP contribution in [0.2, 0.25) is 5.02 Å². The van der Waals surface area contributed by atoms with Crippen molar-refractivity contribution in [2.45, 2.75) is 18.1 Å². The minimum absolute atomic E-state index is 0.0440. The van der Waals surface area contributed by atoms with Gasteiger partial charge in [-0.3, -0.25) is 4.79 Å². The number of hydrogen-bond acceptors (Lipinski definition) is 3. The Morgan fingerprint density at radius 3 is 2.24 bits per heavy atom. The van der Waals surface area contributed by atoms with Gasteiger partial charge in [0.15, 0.2) is 0 Å². The maximum absolute atomic E-state index is 14.1. The quantitative estimate of drug-likeness (QED) is 0.676. The standard InChI is InChI=1S/C23H19ClFN3O/c24-16-9-11-18(12-10-16)28-22(15-7-4-8-17(25)13-15)19-20(14-5-2-1-3-6-14)26-27-21(19)23(28)29/h1-13,19-22,26-27H. The van der Waals surface area contributed by atoms with E-state index in [1.807, 2.05) is 48.5 Å². The summed E-state index contributed by atoms with van der Waals surface area (Å²) in [5, 5.41) is 0.602. The Labute approximate surface area is 173 Å². The first-order valence-electron chi connectivity index (χ1n) is 9.53. The number of anilines is 1. The second-order valence-electron chi connectivity index (χ2n) is 7.42. The van der Waals surface area contributed by atoms with Crippen molar-refractivity contribution in [3.63, 3.8) is 0 Å². The molecule has 29 heavy (non-hydrogen) atoms. The van der Waals surface area contributed by atoms with Crippen LogP contribution in [0.5, 0.6) is 0 Å². The summed E-state index contributed by atoms with van der Waals surface area (Å²) in [5.41, 5.74) is 9.07. The molecule has 4 unspecified atom stereocenters. The molecule has 2 aliphatic rings. The van der Waals surface area contributed by atoms with Gasteiger partial charge in [0.2, 0.25) is 5.91 Å². The zero-order valence-electron chi connectivity index (χ0n) is 15.4. The molecule has 2 fully saturated rings. The smallest absolute Gasteiger partial charge is 0.246 e. The molecule has 1 amide bonds. The van der Waals surface area contributed by atoms with E-state index in [1.54, 1.807) is 23.1 Å². The van der Waals surface area contributed by atoms with Crippen molar-refractivity contribution in [2.24, 2.45) is 5.92 Å². The highest BCUT2D eigenvalue weighted by atomic mass is 35.5. The number of carbonyl (C=O) groups excluding carboxylic acids is 1. The van der Waals surface area contributed by atoms with Gasteiger partial charge in [0.05, 0.1) is 12.1 Å². The van der Waals surface area contributed by atoms with Gasteiger partial charge in [0.25, 0.3) is 0 Å². The lowest BCUT2D eigenvalue weighted by Gasteiger charge is -2.31. The van der Waals surface area contributed by atoms with E-state index in [1.165, 1.54) is 12.1 Å². The number of nitrogens with one attached hydrogen (secondary N) is 2. The van der Waals surface area contributed by atoms with E-state index in [9.17, 15) is 9.18 Å². The highest BCUT2D eigenvalue weighted by Crippen LogP contribution is 2.48. The molecule has 3 aromatic carbocycles. The van der Waals surface area contributed by atoms with Crippen molar-refractivity contribution in [1.29, 1.82) is 0 Å². The van der Waals surface area contributed by atoms with Crippen LogP contribution in [0, 0.1) is 11.7 Å². The van der Waals surface area contributed by atoms with Crippen LogP contribution < -0.4 is 15.8 Å². The molecule has 2 heterocycles. The Kier molecular flexibility index (Phi) is 4.59. The Morgan fingerprint density at radius 2 is 1.52 bits per heavy atom. The minimum Gasteiger partial charge on any atom is -0.303 e. The molecule has 2 aliphatic heterocycles. The fourth-order valence-electron chi connectivity index (χ4n) is 4.53. The maximum Gasteiger partial charge on any atom is 0.246 e. The molecule has 0 aliphatic carbocycles. The fraction of sp³-hybridized carbons (Fsp3) is 0.174. The lowest BCUT2D eigenvalue weighted by molar-refractivity contribution is -0.119. The molecule has 146 valence electrons. The van der Waals surface area contributed by atoms with Crippen molar-refractivity contribution >= 4 is 23.2 Å². The SMILES string of the molecule is O=C1C2NNC(c3ccccc3)C2C(c2cccc(F)c2)N1c1ccc(Cl)cc1. The first-order valence-corrected chi connectivity index (χ1v) is 9.91. The number of rotatable bonds is 3. The van der Waals surface area contributed by atoms with Gasteiger partial charge in [0, 0.05) is 16.6 Å². The molecule has 0 saturated carbocycles. The van der Waals surface area contributed by atoms with Crippen molar-refractivity contribution in [3.05, 3.63) is 101 Å². The Hall–Kier alpha value is -2.73. The van der Waals surface area contributed by atoms with Crippen LogP contribution in [-0.2, 0) is 4.79 Å². The van der Waals surface area contributed by atoms with E-state index in [0.29, 0.717) is 5.02 Å². The van der Waals surface area contributed by atoms with Gasteiger partial charge in [-0.05, 0) is 47.5 Å². The summed E-state index contributed by atoms with van der Waals surface area (Å²) in [4.78, 5) is 15.2. The topological polar surface area (TPSA) is 44.4 Å². The van der Waals surface area contributed by atoms with Crippen LogP contribution in [0.25, 0.3) is 0 Å². The van der Waals surface area contributed by atoms with Crippen molar-refractivity contribution in [3.8, 4) is 0 Å². The van der Waals surface area contributed by atoms with E-state index in [4.69, 9.17) is 11.6 Å². The molecular weight excluding hydrogens is 389 g/mol. The number of hydrogen-bond donors (Lipinski definition) is 2. The van der Waals surface area contributed by atoms with Crippen LogP contribution in [0.3, 0.4) is 0 Å². The molecule has 0 bridgehead atoms. The second-order valence-corrected chi connectivity index (χ2v) is 7.85. The molecule has 5 rings (SSSR count). The lowest BCUT2D eigenvalue weighted by atomic mass is 9.83. The number of fused-ring (bicyclic) bond motifs is 1. The molecular formula is C23H19ClFN3O. The van der Waals surface area contributed by atoms with Crippen LogP contribution in [0.4, 0.5) is 10.1 Å². The second kappa shape index (κ2) is 7.26.